The van der Waals surface area contributed by atoms with Crippen LogP contribution in [0, 0.1) is 26.2 Å². The number of nitrogens with zero attached hydrogens (tertiary/aromatic N) is 2. The van der Waals surface area contributed by atoms with Gasteiger partial charge in [-0.1, -0.05) is 139 Å². The number of hydrogen-bond acceptors (Lipinski definition) is 1. The molecular formula is C53H44N2. The largest absolute Gasteiger partial charge is 0.308 e. The summed E-state index contributed by atoms with van der Waals surface area (Å²) in [5.74, 6) is 2.92. The van der Waals surface area contributed by atoms with Crippen molar-refractivity contribution >= 4 is 65.4 Å². The second kappa shape index (κ2) is 15.0. The Bertz CT molecular complexity index is 3040. The van der Waals surface area contributed by atoms with Crippen LogP contribution in [-0.4, -0.2) is 17.2 Å². The summed E-state index contributed by atoms with van der Waals surface area (Å²) in [4.78, 5) is 3.81. The standard InChI is InChI=1S/C30H21N.C19H14.C4H9N/c1-18-8-3-4-9-22(18)26-15-21-17-29-27(16-20(21)14-19(26)2)25-12-7-11-24-23-10-5-6-13-28(23)31(29)30(24)25;1-2-19(16-9-4-3-5-10-16)18-13-12-15-8-6-7-11-17(15)14-18;1-4(2)5-3/h3-17H,1-2H3;1,3-14,19H;1-3H3. The van der Waals surface area contributed by atoms with Crippen LogP contribution in [0.25, 0.3) is 70.8 Å². The number of aromatic nitrogens is 1. The smallest absolute Gasteiger partial charge is 0.0699 e. The van der Waals surface area contributed by atoms with Gasteiger partial charge < -0.3 is 4.40 Å². The molecule has 2 heterocycles. The lowest BCUT2D eigenvalue weighted by Crippen LogP contribution is -1.97. The molecular weight excluding hydrogens is 665 g/mol. The molecule has 0 saturated heterocycles. The molecule has 266 valence electrons. The lowest BCUT2D eigenvalue weighted by atomic mass is 9.91. The van der Waals surface area contributed by atoms with Crippen LogP contribution in [0.4, 0.5) is 0 Å². The van der Waals surface area contributed by atoms with Crippen LogP contribution in [0.3, 0.4) is 0 Å². The van der Waals surface area contributed by atoms with Gasteiger partial charge in [-0.3, -0.25) is 4.99 Å². The third-order valence-electron chi connectivity index (χ3n) is 10.8. The number of aryl methyl sites for hydroxylation is 2. The third-order valence-corrected chi connectivity index (χ3v) is 10.8. The summed E-state index contributed by atoms with van der Waals surface area (Å²) in [7, 11) is 1.79. The Labute approximate surface area is 323 Å². The molecule has 2 aromatic heterocycles. The predicted octanol–water partition coefficient (Wildman–Crippen LogP) is 14.0. The number of rotatable bonds is 3. The van der Waals surface area contributed by atoms with Crippen molar-refractivity contribution in [2.45, 2.75) is 33.6 Å². The van der Waals surface area contributed by atoms with Crippen molar-refractivity contribution in [1.82, 2.24) is 4.40 Å². The topological polar surface area (TPSA) is 16.8 Å². The van der Waals surface area contributed by atoms with E-state index in [9.17, 15) is 0 Å². The summed E-state index contributed by atoms with van der Waals surface area (Å²) in [5.41, 5.74) is 12.7. The molecule has 0 spiro atoms. The monoisotopic (exact) mass is 708 g/mol. The molecule has 8 aromatic carbocycles. The first-order valence-corrected chi connectivity index (χ1v) is 18.9. The van der Waals surface area contributed by atoms with E-state index in [0.717, 1.165) is 5.71 Å². The average molecular weight is 709 g/mol. The van der Waals surface area contributed by atoms with Crippen LogP contribution in [0.2, 0.25) is 0 Å². The molecule has 0 aliphatic rings. The molecule has 0 bridgehead atoms. The number of fused-ring (bicyclic) bond motifs is 8. The molecule has 0 saturated carbocycles. The first kappa shape index (κ1) is 35.3. The van der Waals surface area contributed by atoms with E-state index >= 15 is 0 Å². The van der Waals surface area contributed by atoms with E-state index in [1.54, 1.807) is 7.05 Å². The Balaban J connectivity index is 0.000000152. The van der Waals surface area contributed by atoms with Crippen molar-refractivity contribution in [1.29, 1.82) is 0 Å². The van der Waals surface area contributed by atoms with Gasteiger partial charge in [-0.25, -0.2) is 0 Å². The molecule has 0 aliphatic carbocycles. The van der Waals surface area contributed by atoms with Gasteiger partial charge in [-0.05, 0) is 113 Å². The fourth-order valence-corrected chi connectivity index (χ4v) is 7.92. The molecule has 10 rings (SSSR count). The van der Waals surface area contributed by atoms with Gasteiger partial charge in [0.1, 0.15) is 0 Å². The number of benzene rings is 8. The van der Waals surface area contributed by atoms with Gasteiger partial charge in [-0.2, -0.15) is 0 Å². The maximum absolute atomic E-state index is 5.73. The van der Waals surface area contributed by atoms with E-state index < -0.39 is 0 Å². The fraction of sp³-hybridized carbons (Fsp3) is 0.113. The molecule has 1 atom stereocenters. The number of para-hydroxylation sites is 2. The predicted molar refractivity (Wildman–Crippen MR) is 239 cm³/mol. The van der Waals surface area contributed by atoms with E-state index in [0.29, 0.717) is 0 Å². The molecule has 10 aromatic rings. The Morgan fingerprint density at radius 3 is 1.89 bits per heavy atom. The highest BCUT2D eigenvalue weighted by molar-refractivity contribution is 6.24. The van der Waals surface area contributed by atoms with E-state index in [2.05, 4.69) is 175 Å². The third kappa shape index (κ3) is 6.60. The van der Waals surface area contributed by atoms with Crippen molar-refractivity contribution < 1.29 is 0 Å². The zero-order valence-electron chi connectivity index (χ0n) is 32.1. The summed E-state index contributed by atoms with van der Waals surface area (Å²) in [6.07, 6.45) is 5.73. The number of hydrogen-bond donors (Lipinski definition) is 0. The summed E-state index contributed by atoms with van der Waals surface area (Å²) < 4.78 is 2.46. The second-order valence-electron chi connectivity index (χ2n) is 14.5. The SMILES string of the molecule is C#CC(c1ccccc1)c1ccc2ccccc2c1.CN=C(C)C.Cc1ccccc1-c1cc2cc3c(cc2cc1C)c1cccc2c4ccccc4n3c21. The van der Waals surface area contributed by atoms with Crippen LogP contribution in [0.15, 0.2) is 169 Å². The fourth-order valence-electron chi connectivity index (χ4n) is 7.92. The Morgan fingerprint density at radius 2 is 1.15 bits per heavy atom. The highest BCUT2D eigenvalue weighted by Crippen LogP contribution is 2.41. The summed E-state index contributed by atoms with van der Waals surface area (Å²) in [6.45, 7) is 8.37. The van der Waals surface area contributed by atoms with Crippen molar-refractivity contribution in [3.8, 4) is 23.5 Å². The van der Waals surface area contributed by atoms with Crippen LogP contribution in [0.1, 0.15) is 42.0 Å². The van der Waals surface area contributed by atoms with Crippen molar-refractivity contribution in [3.63, 3.8) is 0 Å². The minimum atomic E-state index is 0.0193. The van der Waals surface area contributed by atoms with Gasteiger partial charge in [-0.15, -0.1) is 6.42 Å². The minimum absolute atomic E-state index is 0.0193. The number of aliphatic imine (C=N–C) groups is 1. The van der Waals surface area contributed by atoms with E-state index in [1.165, 1.54) is 93.0 Å². The van der Waals surface area contributed by atoms with Crippen LogP contribution < -0.4 is 0 Å². The molecule has 0 aliphatic heterocycles. The summed E-state index contributed by atoms with van der Waals surface area (Å²) >= 11 is 0. The van der Waals surface area contributed by atoms with Gasteiger partial charge in [0.05, 0.1) is 22.5 Å². The average Bonchev–Trinajstić information content (AvgIpc) is 3.73. The van der Waals surface area contributed by atoms with Gasteiger partial charge in [0.2, 0.25) is 0 Å². The minimum Gasteiger partial charge on any atom is -0.308 e. The van der Waals surface area contributed by atoms with E-state index in [-0.39, 0.29) is 5.92 Å². The molecule has 1 unspecified atom stereocenters. The molecule has 0 N–H and O–H groups in total. The lowest BCUT2D eigenvalue weighted by molar-refractivity contribution is 1.07. The lowest BCUT2D eigenvalue weighted by Gasteiger charge is -2.12. The molecule has 0 amide bonds. The van der Waals surface area contributed by atoms with Crippen LogP contribution in [0.5, 0.6) is 0 Å². The van der Waals surface area contributed by atoms with E-state index in [1.807, 2.05) is 32.0 Å². The Kier molecular flexibility index (Phi) is 9.62. The quantitative estimate of drug-likeness (QED) is 0.128. The van der Waals surface area contributed by atoms with E-state index in [4.69, 9.17) is 6.42 Å². The number of terminal acetylenes is 1. The van der Waals surface area contributed by atoms with Crippen molar-refractivity contribution in [2.75, 3.05) is 7.05 Å². The Morgan fingerprint density at radius 1 is 0.509 bits per heavy atom. The first-order chi connectivity index (χ1) is 26.9. The van der Waals surface area contributed by atoms with Crippen molar-refractivity contribution in [3.05, 3.63) is 186 Å². The van der Waals surface area contributed by atoms with Gasteiger partial charge in [0.25, 0.3) is 0 Å². The van der Waals surface area contributed by atoms with Gasteiger partial charge >= 0.3 is 0 Å². The second-order valence-corrected chi connectivity index (χ2v) is 14.5. The zero-order chi connectivity index (χ0) is 38.1. The van der Waals surface area contributed by atoms with Gasteiger partial charge in [0, 0.05) is 34.3 Å². The van der Waals surface area contributed by atoms with Crippen molar-refractivity contribution in [2.24, 2.45) is 4.99 Å². The highest BCUT2D eigenvalue weighted by Gasteiger charge is 2.18. The van der Waals surface area contributed by atoms with Crippen LogP contribution in [-0.2, 0) is 0 Å². The molecule has 2 heteroatoms. The zero-order valence-corrected chi connectivity index (χ0v) is 32.1. The molecule has 0 radical (unpaired) electrons. The van der Waals surface area contributed by atoms with Gasteiger partial charge in [0.15, 0.2) is 0 Å². The molecule has 55 heavy (non-hydrogen) atoms. The maximum Gasteiger partial charge on any atom is 0.0699 e. The molecule has 0 fully saturated rings. The van der Waals surface area contributed by atoms with Crippen LogP contribution >= 0.6 is 0 Å². The normalized spacial score (nSPS) is 11.6. The maximum atomic E-state index is 5.73. The first-order valence-electron chi connectivity index (χ1n) is 18.9. The summed E-state index contributed by atoms with van der Waals surface area (Å²) in [5, 5.41) is 10.4. The molecule has 2 nitrogen and oxygen atoms in total. The highest BCUT2D eigenvalue weighted by atomic mass is 14.9. The summed E-state index contributed by atoms with van der Waals surface area (Å²) in [6, 6.07) is 58.7. The Hall–Kier alpha value is -6.69.